The van der Waals surface area contributed by atoms with Crippen molar-refractivity contribution in [2.45, 2.75) is 17.7 Å². The van der Waals surface area contributed by atoms with Crippen molar-refractivity contribution >= 4 is 38.3 Å². The van der Waals surface area contributed by atoms with Gasteiger partial charge in [0.25, 0.3) is 10.0 Å². The first-order valence-corrected chi connectivity index (χ1v) is 10.5. The van der Waals surface area contributed by atoms with Crippen molar-refractivity contribution in [1.82, 2.24) is 0 Å². The molecule has 0 aliphatic carbocycles. The second-order valence-corrected chi connectivity index (χ2v) is 8.30. The monoisotopic (exact) mass is 426 g/mol. The van der Waals surface area contributed by atoms with Crippen LogP contribution in [0.15, 0.2) is 70.0 Å². The van der Waals surface area contributed by atoms with Gasteiger partial charge in [-0.2, -0.15) is 8.42 Å². The van der Waals surface area contributed by atoms with Gasteiger partial charge < -0.3 is 21.5 Å². The third-order valence-corrected chi connectivity index (χ3v) is 5.93. The number of amides is 1. The van der Waals surface area contributed by atoms with Crippen LogP contribution >= 0.6 is 0 Å². The summed E-state index contributed by atoms with van der Waals surface area (Å²) in [5.74, 6) is -0.411. The van der Waals surface area contributed by atoms with Crippen molar-refractivity contribution in [2.75, 3.05) is 12.4 Å². The molecule has 5 N–H and O–H groups in total. The molecule has 156 valence electrons. The summed E-state index contributed by atoms with van der Waals surface area (Å²) in [5.41, 5.74) is 11.6. The van der Waals surface area contributed by atoms with Gasteiger partial charge in [-0.25, -0.2) is 0 Å². The Morgan fingerprint density at radius 3 is 2.27 bits per heavy atom. The van der Waals surface area contributed by atoms with Crippen molar-refractivity contribution < 1.29 is 17.9 Å². The molecule has 0 radical (unpaired) electrons. The van der Waals surface area contributed by atoms with Crippen molar-refractivity contribution in [3.63, 3.8) is 0 Å². The van der Waals surface area contributed by atoms with Crippen LogP contribution in [0.5, 0.6) is 5.75 Å². The lowest BCUT2D eigenvalue weighted by molar-refractivity contribution is -0.117. The van der Waals surface area contributed by atoms with Gasteiger partial charge in [0.1, 0.15) is 5.75 Å². The summed E-state index contributed by atoms with van der Waals surface area (Å²) in [6.07, 6.45) is 0. The zero-order valence-electron chi connectivity index (χ0n) is 16.5. The molecule has 1 amide bonds. The highest BCUT2D eigenvalue weighted by Gasteiger charge is 2.17. The quantitative estimate of drug-likeness (QED) is 0.409. The van der Waals surface area contributed by atoms with Crippen LogP contribution < -0.4 is 21.5 Å². The molecule has 9 heteroatoms. The smallest absolute Gasteiger partial charge is 0.285 e. The van der Waals surface area contributed by atoms with E-state index in [0.717, 1.165) is 22.1 Å². The highest BCUT2D eigenvalue weighted by Crippen LogP contribution is 2.26. The predicted molar refractivity (Wildman–Crippen MR) is 117 cm³/mol. The zero-order valence-corrected chi connectivity index (χ0v) is 17.3. The highest BCUT2D eigenvalue weighted by atomic mass is 32.2. The van der Waals surface area contributed by atoms with Crippen molar-refractivity contribution in [1.29, 1.82) is 0 Å². The maximum atomic E-state index is 12.7. The number of carbonyl (C=O) groups is 1. The van der Waals surface area contributed by atoms with Gasteiger partial charge >= 0.3 is 0 Å². The first kappa shape index (κ1) is 21.1. The molecule has 0 bridgehead atoms. The standard InChI is InChI=1S/C21H22N4O4S/c1-13(14-3-4-16-12-18(29-2)8-5-15(16)11-14)20(26)24-17-6-9-19(10-7-17)30(27,28)25-21(22)23/h3-13H,1-2H3,(H,24,26)(H4,22,23,25). The second-order valence-electron chi connectivity index (χ2n) is 6.70. The molecule has 30 heavy (non-hydrogen) atoms. The molecule has 3 aromatic carbocycles. The number of ether oxygens (including phenoxy) is 1. The Labute approximate surface area is 174 Å². The van der Waals surface area contributed by atoms with Gasteiger partial charge in [0, 0.05) is 5.69 Å². The minimum absolute atomic E-state index is 0.0769. The molecule has 1 unspecified atom stereocenters. The fourth-order valence-electron chi connectivity index (χ4n) is 2.94. The Morgan fingerprint density at radius 1 is 1.00 bits per heavy atom. The number of fused-ring (bicyclic) bond motifs is 1. The summed E-state index contributed by atoms with van der Waals surface area (Å²) >= 11 is 0. The van der Waals surface area contributed by atoms with E-state index in [1.807, 2.05) is 36.4 Å². The van der Waals surface area contributed by atoms with E-state index in [4.69, 9.17) is 16.2 Å². The number of nitrogens with zero attached hydrogens (tertiary/aromatic N) is 1. The summed E-state index contributed by atoms with van der Waals surface area (Å²) in [4.78, 5) is 12.6. The Bertz CT molecular complexity index is 1220. The van der Waals surface area contributed by atoms with Crippen LogP contribution in [0.25, 0.3) is 10.8 Å². The number of anilines is 1. The molecular weight excluding hydrogens is 404 g/mol. The van der Waals surface area contributed by atoms with Gasteiger partial charge in [0.05, 0.1) is 17.9 Å². The summed E-state index contributed by atoms with van der Waals surface area (Å²) in [5, 5.41) is 4.81. The van der Waals surface area contributed by atoms with Crippen LogP contribution in [0.1, 0.15) is 18.4 Å². The van der Waals surface area contributed by atoms with Crippen molar-refractivity contribution in [2.24, 2.45) is 15.9 Å². The lowest BCUT2D eigenvalue weighted by Crippen LogP contribution is -2.24. The van der Waals surface area contributed by atoms with Crippen molar-refractivity contribution in [3.05, 3.63) is 66.2 Å². The zero-order chi connectivity index (χ0) is 21.9. The van der Waals surface area contributed by atoms with Crippen LogP contribution in [0.4, 0.5) is 5.69 Å². The molecule has 0 heterocycles. The highest BCUT2D eigenvalue weighted by molar-refractivity contribution is 7.90. The van der Waals surface area contributed by atoms with E-state index in [9.17, 15) is 13.2 Å². The fourth-order valence-corrected chi connectivity index (χ4v) is 3.81. The predicted octanol–water partition coefficient (Wildman–Crippen LogP) is 2.55. The Balaban J connectivity index is 1.75. The van der Waals surface area contributed by atoms with E-state index in [0.29, 0.717) is 5.69 Å². The number of nitrogens with two attached hydrogens (primary N) is 2. The molecule has 0 saturated carbocycles. The molecule has 3 aromatic rings. The van der Waals surface area contributed by atoms with E-state index < -0.39 is 21.9 Å². The van der Waals surface area contributed by atoms with E-state index in [1.165, 1.54) is 24.3 Å². The molecular formula is C21H22N4O4S. The molecule has 0 fully saturated rings. The second kappa shape index (κ2) is 8.42. The molecule has 0 aliphatic rings. The van der Waals surface area contributed by atoms with Gasteiger partial charge in [0.2, 0.25) is 11.9 Å². The Kier molecular flexibility index (Phi) is 5.93. The molecule has 3 rings (SSSR count). The molecule has 0 aromatic heterocycles. The minimum atomic E-state index is -3.97. The number of hydrogen-bond donors (Lipinski definition) is 3. The third kappa shape index (κ3) is 4.69. The molecule has 8 nitrogen and oxygen atoms in total. The number of sulfonamides is 1. The summed E-state index contributed by atoms with van der Waals surface area (Å²) in [7, 11) is -2.36. The summed E-state index contributed by atoms with van der Waals surface area (Å²) in [6, 6.07) is 17.2. The number of methoxy groups -OCH3 is 1. The van der Waals surface area contributed by atoms with Crippen LogP contribution in [0.2, 0.25) is 0 Å². The number of nitrogens with one attached hydrogen (secondary N) is 1. The van der Waals surface area contributed by atoms with E-state index >= 15 is 0 Å². The first-order valence-electron chi connectivity index (χ1n) is 9.04. The van der Waals surface area contributed by atoms with Crippen molar-refractivity contribution in [3.8, 4) is 5.75 Å². The van der Waals surface area contributed by atoms with Crippen LogP contribution in [-0.4, -0.2) is 27.4 Å². The molecule has 0 spiro atoms. The van der Waals surface area contributed by atoms with Gasteiger partial charge in [-0.3, -0.25) is 4.79 Å². The van der Waals surface area contributed by atoms with Gasteiger partial charge in [0.15, 0.2) is 0 Å². The molecule has 0 aliphatic heterocycles. The molecule has 0 saturated heterocycles. The number of carbonyl (C=O) groups excluding carboxylic acids is 1. The largest absolute Gasteiger partial charge is 0.497 e. The normalized spacial score (nSPS) is 12.2. The first-order chi connectivity index (χ1) is 14.2. The van der Waals surface area contributed by atoms with Gasteiger partial charge in [-0.1, -0.05) is 24.3 Å². The van der Waals surface area contributed by atoms with E-state index in [2.05, 4.69) is 9.71 Å². The summed E-state index contributed by atoms with van der Waals surface area (Å²) in [6.45, 7) is 1.80. The topological polar surface area (TPSA) is 137 Å². The van der Waals surface area contributed by atoms with Crippen LogP contribution in [0, 0.1) is 0 Å². The molecule has 1 atom stereocenters. The lowest BCUT2D eigenvalue weighted by Gasteiger charge is -2.14. The Morgan fingerprint density at radius 2 is 1.63 bits per heavy atom. The van der Waals surface area contributed by atoms with Crippen LogP contribution in [0.3, 0.4) is 0 Å². The fraction of sp³-hybridized carbons (Fsp3) is 0.143. The average molecular weight is 426 g/mol. The maximum Gasteiger partial charge on any atom is 0.285 e. The van der Waals surface area contributed by atoms with Gasteiger partial charge in [-0.15, -0.1) is 4.40 Å². The maximum absolute atomic E-state index is 12.7. The third-order valence-electron chi connectivity index (χ3n) is 4.61. The number of guanidine groups is 1. The van der Waals surface area contributed by atoms with Crippen LogP contribution in [-0.2, 0) is 14.8 Å². The minimum Gasteiger partial charge on any atom is -0.497 e. The lowest BCUT2D eigenvalue weighted by atomic mass is 9.97. The number of rotatable bonds is 6. The summed E-state index contributed by atoms with van der Waals surface area (Å²) < 4.78 is 32.4. The number of hydrogen-bond acceptors (Lipinski definition) is 4. The van der Waals surface area contributed by atoms with E-state index in [-0.39, 0.29) is 10.8 Å². The SMILES string of the molecule is COc1ccc2cc(C(C)C(=O)Nc3ccc(S(=O)(=O)N=C(N)N)cc3)ccc2c1. The van der Waals surface area contributed by atoms with Gasteiger partial charge in [-0.05, 0) is 59.7 Å². The van der Waals surface area contributed by atoms with E-state index in [1.54, 1.807) is 14.0 Å². The Hall–Kier alpha value is -3.59. The average Bonchev–Trinajstić information content (AvgIpc) is 2.71. The number of benzene rings is 3.